The lowest BCUT2D eigenvalue weighted by atomic mass is 10.2. The molecular formula is C21H20N2O5S. The number of hydrogen-bond acceptors (Lipinski definition) is 5. The fourth-order valence-electron chi connectivity index (χ4n) is 2.56. The van der Waals surface area contributed by atoms with E-state index in [1.807, 2.05) is 30.3 Å². The largest absolute Gasteiger partial charge is 0.494 e. The molecule has 0 fully saturated rings. The first-order chi connectivity index (χ1) is 13.8. The molecule has 0 aromatic heterocycles. The Bertz CT molecular complexity index is 1100. The highest BCUT2D eigenvalue weighted by Gasteiger charge is 2.12. The van der Waals surface area contributed by atoms with E-state index in [-0.39, 0.29) is 11.6 Å². The Hall–Kier alpha value is -3.52. The normalized spacial score (nSPS) is 10.8. The molecule has 2 N–H and O–H groups in total. The van der Waals surface area contributed by atoms with Crippen LogP contribution in [0.4, 0.5) is 11.4 Å². The van der Waals surface area contributed by atoms with Gasteiger partial charge in [0.1, 0.15) is 17.2 Å². The first-order valence-corrected chi connectivity index (χ1v) is 10.5. The molecule has 0 aliphatic heterocycles. The Balaban J connectivity index is 1.69. The number of carbonyl (C=O) groups excluding carboxylic acids is 1. The molecule has 7 nitrogen and oxygen atoms in total. The van der Waals surface area contributed by atoms with Crippen LogP contribution in [0.3, 0.4) is 0 Å². The van der Waals surface area contributed by atoms with E-state index >= 15 is 0 Å². The molecule has 1 amide bonds. The SMILES string of the molecule is COc1cc(NC(=O)c2ccc(Oc3ccccc3)cc2)ccc1NS(C)(=O)=O. The van der Waals surface area contributed by atoms with Crippen molar-refractivity contribution in [3.05, 3.63) is 78.4 Å². The summed E-state index contributed by atoms with van der Waals surface area (Å²) in [5.74, 6) is 1.30. The monoisotopic (exact) mass is 412 g/mol. The quantitative estimate of drug-likeness (QED) is 0.609. The predicted molar refractivity (Wildman–Crippen MR) is 112 cm³/mol. The summed E-state index contributed by atoms with van der Waals surface area (Å²) < 4.78 is 36.1. The molecule has 0 aliphatic carbocycles. The van der Waals surface area contributed by atoms with Gasteiger partial charge < -0.3 is 14.8 Å². The van der Waals surface area contributed by atoms with E-state index < -0.39 is 10.0 Å². The molecule has 0 saturated carbocycles. The van der Waals surface area contributed by atoms with E-state index in [1.54, 1.807) is 30.3 Å². The topological polar surface area (TPSA) is 93.7 Å². The summed E-state index contributed by atoms with van der Waals surface area (Å²) in [5.41, 5.74) is 1.20. The van der Waals surface area contributed by atoms with Gasteiger partial charge in [-0.25, -0.2) is 8.42 Å². The zero-order valence-electron chi connectivity index (χ0n) is 15.9. The smallest absolute Gasteiger partial charge is 0.255 e. The molecule has 3 rings (SSSR count). The third-order valence-electron chi connectivity index (χ3n) is 3.85. The second-order valence-corrected chi connectivity index (χ2v) is 7.93. The molecule has 29 heavy (non-hydrogen) atoms. The summed E-state index contributed by atoms with van der Waals surface area (Å²) in [7, 11) is -2.03. The minimum absolute atomic E-state index is 0.287. The van der Waals surface area contributed by atoms with Crippen LogP contribution >= 0.6 is 0 Å². The number of rotatable bonds is 7. The number of sulfonamides is 1. The molecule has 0 heterocycles. The Morgan fingerprint density at radius 2 is 1.55 bits per heavy atom. The molecule has 150 valence electrons. The number of carbonyl (C=O) groups is 1. The third kappa shape index (κ3) is 5.73. The van der Waals surface area contributed by atoms with E-state index in [9.17, 15) is 13.2 Å². The van der Waals surface area contributed by atoms with E-state index in [1.165, 1.54) is 19.2 Å². The Morgan fingerprint density at radius 3 is 2.17 bits per heavy atom. The van der Waals surface area contributed by atoms with Crippen LogP contribution in [0, 0.1) is 0 Å². The maximum atomic E-state index is 12.5. The van der Waals surface area contributed by atoms with Crippen molar-refractivity contribution in [3.8, 4) is 17.2 Å². The summed E-state index contributed by atoms with van der Waals surface area (Å²) in [6.07, 6.45) is 1.05. The molecular weight excluding hydrogens is 392 g/mol. The summed E-state index contributed by atoms with van der Waals surface area (Å²) in [5, 5.41) is 2.76. The average molecular weight is 412 g/mol. The van der Waals surface area contributed by atoms with Gasteiger partial charge in [0, 0.05) is 17.3 Å². The number of amides is 1. The highest BCUT2D eigenvalue weighted by atomic mass is 32.2. The number of benzene rings is 3. The van der Waals surface area contributed by atoms with Gasteiger partial charge in [-0.05, 0) is 48.5 Å². The predicted octanol–water partition coefficient (Wildman–Crippen LogP) is 4.11. The van der Waals surface area contributed by atoms with Gasteiger partial charge in [0.25, 0.3) is 5.91 Å². The molecule has 0 bridgehead atoms. The fraction of sp³-hybridized carbons (Fsp3) is 0.0952. The average Bonchev–Trinajstić information content (AvgIpc) is 2.69. The van der Waals surface area contributed by atoms with E-state index in [0.717, 1.165) is 6.26 Å². The van der Waals surface area contributed by atoms with Crippen molar-refractivity contribution >= 4 is 27.3 Å². The summed E-state index contributed by atoms with van der Waals surface area (Å²) in [4.78, 5) is 12.5. The Kier molecular flexibility index (Phi) is 6.04. The zero-order valence-corrected chi connectivity index (χ0v) is 16.7. The highest BCUT2D eigenvalue weighted by Crippen LogP contribution is 2.29. The van der Waals surface area contributed by atoms with Crippen LogP contribution in [-0.2, 0) is 10.0 Å². The van der Waals surface area contributed by atoms with Crippen molar-refractivity contribution in [1.29, 1.82) is 0 Å². The number of anilines is 2. The Labute approximate surface area is 169 Å². The van der Waals surface area contributed by atoms with Crippen molar-refractivity contribution in [3.63, 3.8) is 0 Å². The minimum Gasteiger partial charge on any atom is -0.494 e. The summed E-state index contributed by atoms with van der Waals surface area (Å²) in [6.45, 7) is 0. The first-order valence-electron chi connectivity index (χ1n) is 8.64. The first kappa shape index (κ1) is 20.2. The number of nitrogens with one attached hydrogen (secondary N) is 2. The minimum atomic E-state index is -3.44. The molecule has 8 heteroatoms. The van der Waals surface area contributed by atoms with Crippen LogP contribution in [0.5, 0.6) is 17.2 Å². The van der Waals surface area contributed by atoms with Gasteiger partial charge in [-0.2, -0.15) is 0 Å². The van der Waals surface area contributed by atoms with Crippen LogP contribution in [0.1, 0.15) is 10.4 Å². The van der Waals surface area contributed by atoms with Crippen molar-refractivity contribution in [2.75, 3.05) is 23.4 Å². The second-order valence-electron chi connectivity index (χ2n) is 6.18. The van der Waals surface area contributed by atoms with Crippen molar-refractivity contribution in [2.45, 2.75) is 0 Å². The van der Waals surface area contributed by atoms with Crippen molar-refractivity contribution < 1.29 is 22.7 Å². The van der Waals surface area contributed by atoms with Gasteiger partial charge in [0.2, 0.25) is 10.0 Å². The molecule has 3 aromatic rings. The van der Waals surface area contributed by atoms with Crippen LogP contribution in [0.2, 0.25) is 0 Å². The lowest BCUT2D eigenvalue weighted by Gasteiger charge is -2.12. The van der Waals surface area contributed by atoms with Crippen LogP contribution in [0.25, 0.3) is 0 Å². The maximum absolute atomic E-state index is 12.5. The van der Waals surface area contributed by atoms with Gasteiger partial charge in [-0.3, -0.25) is 9.52 Å². The molecule has 0 saturated heterocycles. The Morgan fingerprint density at radius 1 is 0.897 bits per heavy atom. The zero-order chi connectivity index (χ0) is 20.9. The van der Waals surface area contributed by atoms with Crippen LogP contribution < -0.4 is 19.5 Å². The van der Waals surface area contributed by atoms with Gasteiger partial charge in [-0.1, -0.05) is 18.2 Å². The van der Waals surface area contributed by atoms with Gasteiger partial charge in [0.05, 0.1) is 19.1 Å². The standard InChI is InChI=1S/C21H20N2O5S/c1-27-20-14-16(10-13-19(20)23-29(2,25)26)22-21(24)15-8-11-18(12-9-15)28-17-6-4-3-5-7-17/h3-14,23H,1-2H3,(H,22,24). The molecule has 0 unspecified atom stereocenters. The maximum Gasteiger partial charge on any atom is 0.255 e. The summed E-state index contributed by atoms with van der Waals surface area (Å²) in [6, 6.07) is 20.7. The number of hydrogen-bond donors (Lipinski definition) is 2. The van der Waals surface area contributed by atoms with Crippen LogP contribution in [0.15, 0.2) is 72.8 Å². The van der Waals surface area contributed by atoms with Crippen molar-refractivity contribution in [1.82, 2.24) is 0 Å². The van der Waals surface area contributed by atoms with Gasteiger partial charge in [-0.15, -0.1) is 0 Å². The third-order valence-corrected chi connectivity index (χ3v) is 4.44. The molecule has 0 spiro atoms. The van der Waals surface area contributed by atoms with Gasteiger partial charge >= 0.3 is 0 Å². The molecule has 0 aliphatic rings. The fourth-order valence-corrected chi connectivity index (χ4v) is 3.12. The lowest BCUT2D eigenvalue weighted by molar-refractivity contribution is 0.102. The lowest BCUT2D eigenvalue weighted by Crippen LogP contribution is -2.13. The van der Waals surface area contributed by atoms with Gasteiger partial charge in [0.15, 0.2) is 0 Å². The molecule has 0 radical (unpaired) electrons. The number of para-hydroxylation sites is 1. The summed E-state index contributed by atoms with van der Waals surface area (Å²) >= 11 is 0. The highest BCUT2D eigenvalue weighted by molar-refractivity contribution is 7.92. The van der Waals surface area contributed by atoms with Crippen molar-refractivity contribution in [2.24, 2.45) is 0 Å². The number of ether oxygens (including phenoxy) is 2. The van der Waals surface area contributed by atoms with E-state index in [0.29, 0.717) is 28.5 Å². The van der Waals surface area contributed by atoms with E-state index in [4.69, 9.17) is 9.47 Å². The second kappa shape index (κ2) is 8.66. The van der Waals surface area contributed by atoms with E-state index in [2.05, 4.69) is 10.0 Å². The molecule has 0 atom stereocenters. The number of methoxy groups -OCH3 is 1. The molecule has 3 aromatic carbocycles. The van der Waals surface area contributed by atoms with Crippen LogP contribution in [-0.4, -0.2) is 27.7 Å².